The molecule has 0 saturated heterocycles. The third kappa shape index (κ3) is 9.99. The van der Waals surface area contributed by atoms with Gasteiger partial charge in [0.1, 0.15) is 0 Å². The van der Waals surface area contributed by atoms with Gasteiger partial charge in [0.25, 0.3) is 0 Å². The number of rotatable bonds is 7. The molecule has 0 aromatic carbocycles. The molecule has 0 rings (SSSR count). The van der Waals surface area contributed by atoms with Crippen LogP contribution in [0.15, 0.2) is 12.2 Å². The van der Waals surface area contributed by atoms with Crippen LogP contribution in [0.5, 0.6) is 0 Å². The molecule has 0 saturated carbocycles. The molecule has 0 heterocycles. The maximum Gasteiger partial charge on any atom is 0.0771 e. The third-order valence-corrected chi connectivity index (χ3v) is 2.65. The normalized spacial score (nSPS) is 13.7. The van der Waals surface area contributed by atoms with Crippen LogP contribution in [0.25, 0.3) is 0 Å². The minimum absolute atomic E-state index is 0.372. The summed E-state index contributed by atoms with van der Waals surface area (Å²) in [5, 5.41) is 9.54. The lowest BCUT2D eigenvalue weighted by Gasteiger charge is -2.23. The van der Waals surface area contributed by atoms with E-state index in [1.807, 2.05) is 19.9 Å². The summed E-state index contributed by atoms with van der Waals surface area (Å²) in [4.78, 5) is 0. The first-order valence-electron chi connectivity index (χ1n) is 6.17. The van der Waals surface area contributed by atoms with Crippen molar-refractivity contribution in [2.24, 2.45) is 5.41 Å². The molecule has 0 unspecified atom stereocenters. The molecule has 0 spiro atoms. The summed E-state index contributed by atoms with van der Waals surface area (Å²) < 4.78 is 0. The lowest BCUT2D eigenvalue weighted by atomic mass is 9.83. The van der Waals surface area contributed by atoms with E-state index in [4.69, 9.17) is 0 Å². The summed E-state index contributed by atoms with van der Waals surface area (Å²) in [6.07, 6.45) is 10.3. The van der Waals surface area contributed by atoms with Gasteiger partial charge in [-0.2, -0.15) is 0 Å². The summed E-state index contributed by atoms with van der Waals surface area (Å²) in [6.45, 7) is 10.5. The van der Waals surface area contributed by atoms with Crippen molar-refractivity contribution in [2.75, 3.05) is 0 Å². The highest BCUT2D eigenvalue weighted by atomic mass is 16.3. The summed E-state index contributed by atoms with van der Waals surface area (Å²) in [7, 11) is 0. The van der Waals surface area contributed by atoms with Gasteiger partial charge in [-0.05, 0) is 32.1 Å². The number of unbranched alkanes of at least 4 members (excludes halogenated alkanes) is 2. The number of allylic oxidation sites excluding steroid dienone is 1. The van der Waals surface area contributed by atoms with Crippen molar-refractivity contribution in [3.8, 4) is 0 Å². The van der Waals surface area contributed by atoms with Gasteiger partial charge in [-0.3, -0.25) is 0 Å². The van der Waals surface area contributed by atoms with E-state index in [2.05, 4.69) is 26.8 Å². The van der Waals surface area contributed by atoms with Crippen LogP contribution in [-0.2, 0) is 0 Å². The summed E-state index contributed by atoms with van der Waals surface area (Å²) >= 11 is 0. The van der Waals surface area contributed by atoms with Gasteiger partial charge >= 0.3 is 0 Å². The molecule has 0 bridgehead atoms. The molecule has 0 radical (unpaired) electrons. The Hall–Kier alpha value is -0.300. The van der Waals surface area contributed by atoms with Crippen LogP contribution < -0.4 is 0 Å². The van der Waals surface area contributed by atoms with Gasteiger partial charge in [0.2, 0.25) is 0 Å². The quantitative estimate of drug-likeness (QED) is 0.492. The van der Waals surface area contributed by atoms with Gasteiger partial charge in [0.15, 0.2) is 0 Å². The van der Waals surface area contributed by atoms with E-state index in [1.165, 1.54) is 25.7 Å². The molecular formula is C14H28O. The molecule has 1 heteroatoms. The predicted molar refractivity (Wildman–Crippen MR) is 68.0 cm³/mol. The zero-order valence-corrected chi connectivity index (χ0v) is 11.1. The minimum Gasteiger partial charge on any atom is -0.386 e. The molecule has 0 aliphatic rings. The molecule has 0 fully saturated rings. The van der Waals surface area contributed by atoms with E-state index in [0.717, 1.165) is 6.42 Å². The predicted octanol–water partition coefficient (Wildman–Crippen LogP) is 4.31. The Bertz CT molecular complexity index is 184. The number of hydrogen-bond acceptors (Lipinski definition) is 1. The van der Waals surface area contributed by atoms with E-state index in [0.29, 0.717) is 5.41 Å². The molecule has 0 aliphatic heterocycles. The second-order valence-electron chi connectivity index (χ2n) is 5.88. The van der Waals surface area contributed by atoms with E-state index in [9.17, 15) is 5.11 Å². The third-order valence-electron chi connectivity index (χ3n) is 2.65. The lowest BCUT2D eigenvalue weighted by molar-refractivity contribution is 0.132. The van der Waals surface area contributed by atoms with Crippen molar-refractivity contribution >= 4 is 0 Å². The van der Waals surface area contributed by atoms with E-state index in [1.54, 1.807) is 0 Å². The van der Waals surface area contributed by atoms with Crippen LogP contribution in [0.2, 0.25) is 0 Å². The van der Waals surface area contributed by atoms with E-state index < -0.39 is 5.60 Å². The first kappa shape index (κ1) is 14.7. The highest BCUT2D eigenvalue weighted by molar-refractivity contribution is 4.97. The Morgan fingerprint density at radius 2 is 1.67 bits per heavy atom. The SMILES string of the molecule is CCCCCC(C)(C)C/C=C\C(C)(C)O. The summed E-state index contributed by atoms with van der Waals surface area (Å²) in [5.74, 6) is 0. The van der Waals surface area contributed by atoms with Gasteiger partial charge in [0, 0.05) is 0 Å². The van der Waals surface area contributed by atoms with Crippen LogP contribution in [-0.4, -0.2) is 10.7 Å². The fourth-order valence-corrected chi connectivity index (χ4v) is 1.62. The van der Waals surface area contributed by atoms with Crippen molar-refractivity contribution in [1.29, 1.82) is 0 Å². The Morgan fingerprint density at radius 3 is 2.13 bits per heavy atom. The van der Waals surface area contributed by atoms with Crippen LogP contribution >= 0.6 is 0 Å². The molecule has 15 heavy (non-hydrogen) atoms. The smallest absolute Gasteiger partial charge is 0.0771 e. The molecule has 0 atom stereocenters. The van der Waals surface area contributed by atoms with E-state index in [-0.39, 0.29) is 0 Å². The average Bonchev–Trinajstić information content (AvgIpc) is 2.01. The van der Waals surface area contributed by atoms with Crippen molar-refractivity contribution in [3.63, 3.8) is 0 Å². The van der Waals surface area contributed by atoms with Crippen molar-refractivity contribution < 1.29 is 5.11 Å². The molecule has 90 valence electrons. The largest absolute Gasteiger partial charge is 0.386 e. The van der Waals surface area contributed by atoms with Gasteiger partial charge < -0.3 is 5.11 Å². The van der Waals surface area contributed by atoms with Gasteiger partial charge in [-0.25, -0.2) is 0 Å². The molecule has 0 amide bonds. The lowest BCUT2D eigenvalue weighted by Crippen LogP contribution is -2.15. The highest BCUT2D eigenvalue weighted by Gasteiger charge is 2.15. The fraction of sp³-hybridized carbons (Fsp3) is 0.857. The van der Waals surface area contributed by atoms with E-state index >= 15 is 0 Å². The first-order chi connectivity index (χ1) is 6.77. The molecule has 0 aromatic rings. The van der Waals surface area contributed by atoms with Gasteiger partial charge in [0.05, 0.1) is 5.60 Å². The highest BCUT2D eigenvalue weighted by Crippen LogP contribution is 2.28. The standard InChI is InChI=1S/C14H28O/c1-6-7-8-10-13(2,3)11-9-12-14(4,5)15/h9,12,15H,6-8,10-11H2,1-5H3/b12-9-. The molecule has 1 nitrogen and oxygen atoms in total. The Labute approximate surface area is 95.6 Å². The minimum atomic E-state index is -0.667. The zero-order valence-electron chi connectivity index (χ0n) is 11.1. The van der Waals surface area contributed by atoms with Crippen LogP contribution in [0.4, 0.5) is 0 Å². The Balaban J connectivity index is 3.88. The average molecular weight is 212 g/mol. The number of aliphatic hydroxyl groups is 1. The zero-order chi connectivity index (χ0) is 11.9. The second kappa shape index (κ2) is 6.32. The number of hydrogen-bond donors (Lipinski definition) is 1. The molecule has 0 aliphatic carbocycles. The van der Waals surface area contributed by atoms with Gasteiger partial charge in [-0.1, -0.05) is 52.2 Å². The van der Waals surface area contributed by atoms with Crippen molar-refractivity contribution in [3.05, 3.63) is 12.2 Å². The van der Waals surface area contributed by atoms with Crippen molar-refractivity contribution in [1.82, 2.24) is 0 Å². The molecular weight excluding hydrogens is 184 g/mol. The summed E-state index contributed by atoms with van der Waals surface area (Å²) in [6, 6.07) is 0. The molecule has 1 N–H and O–H groups in total. The second-order valence-corrected chi connectivity index (χ2v) is 5.88. The fourth-order valence-electron chi connectivity index (χ4n) is 1.62. The van der Waals surface area contributed by atoms with Crippen LogP contribution in [0, 0.1) is 5.41 Å². The van der Waals surface area contributed by atoms with Crippen molar-refractivity contribution in [2.45, 2.75) is 72.3 Å². The maximum atomic E-state index is 9.54. The van der Waals surface area contributed by atoms with Crippen LogP contribution in [0.3, 0.4) is 0 Å². The Morgan fingerprint density at radius 1 is 1.07 bits per heavy atom. The monoisotopic (exact) mass is 212 g/mol. The topological polar surface area (TPSA) is 20.2 Å². The molecule has 0 aromatic heterocycles. The maximum absolute atomic E-state index is 9.54. The Kier molecular flexibility index (Phi) is 6.19. The van der Waals surface area contributed by atoms with Gasteiger partial charge in [-0.15, -0.1) is 0 Å². The summed E-state index contributed by atoms with van der Waals surface area (Å²) in [5.41, 5.74) is -0.295. The van der Waals surface area contributed by atoms with Crippen LogP contribution in [0.1, 0.15) is 66.7 Å². The first-order valence-corrected chi connectivity index (χ1v) is 6.17.